The maximum absolute atomic E-state index is 13.4. The smallest absolute Gasteiger partial charge is 0.371 e. The minimum Gasteiger partial charge on any atom is -0.371 e. The number of carbonyl (C=O) groups is 2. The van der Waals surface area contributed by atoms with Gasteiger partial charge in [0.15, 0.2) is 0 Å². The fraction of sp³-hybridized carbons (Fsp3) is 0.310. The van der Waals surface area contributed by atoms with Crippen LogP contribution in [0, 0.1) is 5.92 Å². The average Bonchev–Trinajstić information content (AvgIpc) is 2.89. The monoisotopic (exact) mass is 524 g/mol. The van der Waals surface area contributed by atoms with Crippen LogP contribution in [0.2, 0.25) is 0 Å². The number of hydrogen-bond acceptors (Lipinski definition) is 3. The number of nitrogens with zero attached hydrogens (tertiary/aromatic N) is 1. The SMILES string of the molecule is CC1CCN(c2ccc(NC(=O)Nc3ccccc3C(F)(F)F)cc2C(=O)NC(C)c2ccccc2)CC1. The van der Waals surface area contributed by atoms with Crippen molar-refractivity contribution in [3.63, 3.8) is 0 Å². The van der Waals surface area contributed by atoms with Crippen LogP contribution in [0.25, 0.3) is 0 Å². The van der Waals surface area contributed by atoms with Gasteiger partial charge in [-0.25, -0.2) is 4.79 Å². The summed E-state index contributed by atoms with van der Waals surface area (Å²) in [4.78, 5) is 28.2. The number of carbonyl (C=O) groups excluding carboxylic acids is 2. The Kier molecular flexibility index (Phi) is 8.24. The number of alkyl halides is 3. The number of anilines is 3. The third kappa shape index (κ3) is 6.65. The van der Waals surface area contributed by atoms with E-state index in [0.717, 1.165) is 43.2 Å². The number of nitrogens with one attached hydrogen (secondary N) is 3. The molecule has 38 heavy (non-hydrogen) atoms. The lowest BCUT2D eigenvalue weighted by atomic mass is 9.97. The second-order valence-electron chi connectivity index (χ2n) is 9.63. The van der Waals surface area contributed by atoms with E-state index in [9.17, 15) is 22.8 Å². The molecule has 9 heteroatoms. The minimum absolute atomic E-state index is 0.253. The number of rotatable bonds is 6. The van der Waals surface area contributed by atoms with E-state index in [1.54, 1.807) is 18.2 Å². The van der Waals surface area contributed by atoms with Crippen molar-refractivity contribution >= 4 is 29.0 Å². The van der Waals surface area contributed by atoms with Gasteiger partial charge in [-0.05, 0) is 61.6 Å². The molecule has 1 aliphatic rings. The third-order valence-electron chi connectivity index (χ3n) is 6.75. The van der Waals surface area contributed by atoms with E-state index in [0.29, 0.717) is 17.2 Å². The molecule has 1 atom stereocenters. The van der Waals surface area contributed by atoms with Crippen molar-refractivity contribution < 1.29 is 22.8 Å². The van der Waals surface area contributed by atoms with Crippen molar-refractivity contribution in [2.24, 2.45) is 5.92 Å². The van der Waals surface area contributed by atoms with Crippen LogP contribution < -0.4 is 20.9 Å². The Bertz CT molecular complexity index is 1270. The van der Waals surface area contributed by atoms with Crippen LogP contribution in [0.5, 0.6) is 0 Å². The zero-order chi connectivity index (χ0) is 27.3. The highest BCUT2D eigenvalue weighted by molar-refractivity contribution is 6.04. The van der Waals surface area contributed by atoms with Crippen molar-refractivity contribution in [2.45, 2.75) is 38.9 Å². The number of urea groups is 1. The molecule has 0 saturated carbocycles. The Labute approximate surface area is 220 Å². The molecule has 200 valence electrons. The molecular weight excluding hydrogens is 493 g/mol. The molecule has 1 heterocycles. The van der Waals surface area contributed by atoms with Crippen molar-refractivity contribution in [1.29, 1.82) is 0 Å². The molecule has 3 amide bonds. The molecular formula is C29H31F3N4O2. The third-order valence-corrected chi connectivity index (χ3v) is 6.75. The number of halogens is 3. The maximum atomic E-state index is 13.4. The Morgan fingerprint density at radius 1 is 0.921 bits per heavy atom. The predicted molar refractivity (Wildman–Crippen MR) is 143 cm³/mol. The van der Waals surface area contributed by atoms with Gasteiger partial charge in [0.2, 0.25) is 0 Å². The molecule has 0 spiro atoms. The van der Waals surface area contributed by atoms with E-state index in [4.69, 9.17) is 0 Å². The molecule has 0 aliphatic carbocycles. The van der Waals surface area contributed by atoms with Crippen LogP contribution in [-0.4, -0.2) is 25.0 Å². The molecule has 1 aliphatic heterocycles. The molecule has 3 aromatic rings. The average molecular weight is 525 g/mol. The van der Waals surface area contributed by atoms with Gasteiger partial charge >= 0.3 is 12.2 Å². The second kappa shape index (κ2) is 11.6. The highest BCUT2D eigenvalue weighted by atomic mass is 19.4. The lowest BCUT2D eigenvalue weighted by molar-refractivity contribution is -0.136. The Hall–Kier alpha value is -4.01. The summed E-state index contributed by atoms with van der Waals surface area (Å²) >= 11 is 0. The lowest BCUT2D eigenvalue weighted by Gasteiger charge is -2.33. The first-order valence-electron chi connectivity index (χ1n) is 12.6. The summed E-state index contributed by atoms with van der Waals surface area (Å²) in [6.07, 6.45) is -2.61. The largest absolute Gasteiger partial charge is 0.418 e. The zero-order valence-electron chi connectivity index (χ0n) is 21.3. The summed E-state index contributed by atoms with van der Waals surface area (Å²) in [7, 11) is 0. The quantitative estimate of drug-likeness (QED) is 0.323. The van der Waals surface area contributed by atoms with Crippen LogP contribution in [0.4, 0.5) is 35.0 Å². The van der Waals surface area contributed by atoms with Crippen molar-refractivity contribution in [3.8, 4) is 0 Å². The second-order valence-corrected chi connectivity index (χ2v) is 9.63. The summed E-state index contributed by atoms with van der Waals surface area (Å²) in [5, 5.41) is 7.87. The molecule has 4 rings (SSSR count). The lowest BCUT2D eigenvalue weighted by Crippen LogP contribution is -2.35. The van der Waals surface area contributed by atoms with Crippen LogP contribution in [-0.2, 0) is 6.18 Å². The summed E-state index contributed by atoms with van der Waals surface area (Å²) in [5.41, 5.74) is 1.08. The summed E-state index contributed by atoms with van der Waals surface area (Å²) in [5.74, 6) is 0.298. The number of hydrogen-bond donors (Lipinski definition) is 3. The van der Waals surface area contributed by atoms with Crippen LogP contribution in [0.15, 0.2) is 72.8 Å². The van der Waals surface area contributed by atoms with Crippen LogP contribution >= 0.6 is 0 Å². The standard InChI is InChI=1S/C29H31F3N4O2/c1-19-14-16-36(17-15-19)26-13-12-22(18-23(26)27(37)33-20(2)21-8-4-3-5-9-21)34-28(38)35-25-11-7-6-10-24(25)29(30,31)32/h3-13,18-20H,14-17H2,1-2H3,(H,33,37)(H2,34,35,38). The fourth-order valence-electron chi connectivity index (χ4n) is 4.54. The molecule has 1 fully saturated rings. The normalized spacial score (nSPS) is 15.0. The minimum atomic E-state index is -4.61. The van der Waals surface area contributed by atoms with Gasteiger partial charge in [-0.1, -0.05) is 49.4 Å². The van der Waals surface area contributed by atoms with E-state index in [2.05, 4.69) is 27.8 Å². The van der Waals surface area contributed by atoms with E-state index in [-0.39, 0.29) is 17.6 Å². The van der Waals surface area contributed by atoms with Crippen molar-refractivity contribution in [2.75, 3.05) is 28.6 Å². The predicted octanol–water partition coefficient (Wildman–Crippen LogP) is 7.08. The first-order valence-corrected chi connectivity index (χ1v) is 12.6. The highest BCUT2D eigenvalue weighted by Gasteiger charge is 2.33. The Balaban J connectivity index is 1.57. The van der Waals surface area contributed by atoms with Crippen LogP contribution in [0.3, 0.4) is 0 Å². The summed E-state index contributed by atoms with van der Waals surface area (Å²) < 4.78 is 40.0. The highest BCUT2D eigenvalue weighted by Crippen LogP contribution is 2.35. The van der Waals surface area contributed by atoms with Gasteiger partial charge in [0.25, 0.3) is 5.91 Å². The first-order chi connectivity index (χ1) is 18.1. The molecule has 0 bridgehead atoms. The summed E-state index contributed by atoms with van der Waals surface area (Å²) in [6.45, 7) is 5.70. The topological polar surface area (TPSA) is 73.5 Å². The van der Waals surface area contributed by atoms with Crippen molar-refractivity contribution in [1.82, 2.24) is 5.32 Å². The van der Waals surface area contributed by atoms with E-state index >= 15 is 0 Å². The van der Waals surface area contributed by atoms with Crippen LogP contribution in [0.1, 0.15) is 54.2 Å². The summed E-state index contributed by atoms with van der Waals surface area (Å²) in [6, 6.07) is 18.2. The number of benzene rings is 3. The zero-order valence-corrected chi connectivity index (χ0v) is 21.3. The van der Waals surface area contributed by atoms with Gasteiger partial charge in [-0.3, -0.25) is 4.79 Å². The van der Waals surface area contributed by atoms with Crippen molar-refractivity contribution in [3.05, 3.63) is 89.5 Å². The fourth-order valence-corrected chi connectivity index (χ4v) is 4.54. The first kappa shape index (κ1) is 27.0. The van der Waals surface area contributed by atoms with Gasteiger partial charge < -0.3 is 20.9 Å². The molecule has 1 saturated heterocycles. The van der Waals surface area contributed by atoms with E-state index < -0.39 is 17.8 Å². The molecule has 1 unspecified atom stereocenters. The number of amides is 3. The van der Waals surface area contributed by atoms with Gasteiger partial charge in [-0.2, -0.15) is 13.2 Å². The molecule has 6 nitrogen and oxygen atoms in total. The Morgan fingerprint density at radius 3 is 2.26 bits per heavy atom. The molecule has 0 radical (unpaired) electrons. The van der Waals surface area contributed by atoms with Gasteiger partial charge in [0.1, 0.15) is 0 Å². The molecule has 3 aromatic carbocycles. The van der Waals surface area contributed by atoms with E-state index in [1.165, 1.54) is 18.2 Å². The number of para-hydroxylation sites is 1. The van der Waals surface area contributed by atoms with Gasteiger partial charge in [0, 0.05) is 24.5 Å². The van der Waals surface area contributed by atoms with Gasteiger partial charge in [0.05, 0.1) is 22.9 Å². The number of piperidine rings is 1. The molecule has 0 aromatic heterocycles. The van der Waals surface area contributed by atoms with Gasteiger partial charge in [-0.15, -0.1) is 0 Å². The maximum Gasteiger partial charge on any atom is 0.418 e. The van der Waals surface area contributed by atoms with E-state index in [1.807, 2.05) is 37.3 Å². The molecule has 3 N–H and O–H groups in total. The Morgan fingerprint density at radius 2 is 1.58 bits per heavy atom.